The molecule has 0 fully saturated rings. The van der Waals surface area contributed by atoms with Crippen molar-refractivity contribution in [1.29, 1.82) is 0 Å². The summed E-state index contributed by atoms with van der Waals surface area (Å²) >= 11 is 3.14. The van der Waals surface area contributed by atoms with Crippen LogP contribution in [0.2, 0.25) is 0 Å². The number of hydrogen-bond acceptors (Lipinski definition) is 2. The highest BCUT2D eigenvalue weighted by atomic mass is 79.9. The van der Waals surface area contributed by atoms with Crippen molar-refractivity contribution in [3.63, 3.8) is 0 Å². The smallest absolute Gasteiger partial charge is 0.244 e. The van der Waals surface area contributed by atoms with Gasteiger partial charge in [-0.15, -0.1) is 0 Å². The van der Waals surface area contributed by atoms with E-state index in [1.54, 1.807) is 19.9 Å². The second kappa shape index (κ2) is 4.93. The lowest BCUT2D eigenvalue weighted by molar-refractivity contribution is -0.120. The summed E-state index contributed by atoms with van der Waals surface area (Å²) in [6.45, 7) is 3.41. The van der Waals surface area contributed by atoms with Gasteiger partial charge in [-0.2, -0.15) is 0 Å². The summed E-state index contributed by atoms with van der Waals surface area (Å²) in [5, 5.41) is 2.47. The minimum Gasteiger partial charge on any atom is -0.322 e. The number of benzene rings is 1. The van der Waals surface area contributed by atoms with E-state index in [-0.39, 0.29) is 5.69 Å². The van der Waals surface area contributed by atoms with Gasteiger partial charge in [0.15, 0.2) is 0 Å². The number of halogens is 2. The molecule has 0 aromatic heterocycles. The highest BCUT2D eigenvalue weighted by Crippen LogP contribution is 2.20. The number of hydrogen-bond donors (Lipinski definition) is 2. The summed E-state index contributed by atoms with van der Waals surface area (Å²) in [7, 11) is 0. The number of nitrogens with two attached hydrogens (primary N) is 1. The predicted molar refractivity (Wildman–Crippen MR) is 65.6 cm³/mol. The summed E-state index contributed by atoms with van der Waals surface area (Å²) in [4.78, 5) is 11.7. The van der Waals surface area contributed by atoms with Crippen LogP contribution in [0.1, 0.15) is 20.3 Å². The fraction of sp³-hybridized carbons (Fsp3) is 0.364. The van der Waals surface area contributed by atoms with Gasteiger partial charge < -0.3 is 11.1 Å². The van der Waals surface area contributed by atoms with Crippen molar-refractivity contribution in [1.82, 2.24) is 0 Å². The van der Waals surface area contributed by atoms with Crippen molar-refractivity contribution >= 4 is 27.5 Å². The van der Waals surface area contributed by atoms with Gasteiger partial charge in [0.05, 0.1) is 11.2 Å². The summed E-state index contributed by atoms with van der Waals surface area (Å²) in [6, 6.07) is 4.43. The van der Waals surface area contributed by atoms with Gasteiger partial charge in [0, 0.05) is 4.47 Å². The number of carbonyl (C=O) groups excluding carboxylic acids is 1. The molecule has 0 aliphatic rings. The van der Waals surface area contributed by atoms with Gasteiger partial charge in [0.25, 0.3) is 0 Å². The Labute approximate surface area is 102 Å². The van der Waals surface area contributed by atoms with Crippen LogP contribution in [-0.2, 0) is 4.79 Å². The molecule has 0 aliphatic carbocycles. The summed E-state index contributed by atoms with van der Waals surface area (Å²) in [5.41, 5.74) is 4.89. The summed E-state index contributed by atoms with van der Waals surface area (Å²) in [6.07, 6.45) is 0.483. The van der Waals surface area contributed by atoms with E-state index in [1.165, 1.54) is 12.1 Å². The molecule has 0 radical (unpaired) electrons. The van der Waals surface area contributed by atoms with Crippen LogP contribution < -0.4 is 11.1 Å². The predicted octanol–water partition coefficient (Wildman–Crippen LogP) is 2.65. The standard InChI is InChI=1S/C11H14BrFN2O/c1-3-11(2,14)10(16)15-9-5-4-7(12)6-8(9)13/h4-6H,3,14H2,1-2H3,(H,15,16). The summed E-state index contributed by atoms with van der Waals surface area (Å²) in [5.74, 6) is -0.883. The number of amides is 1. The third-order valence-electron chi connectivity index (χ3n) is 2.43. The van der Waals surface area contributed by atoms with Crippen molar-refractivity contribution in [2.75, 3.05) is 5.32 Å². The lowest BCUT2D eigenvalue weighted by Crippen LogP contribution is -2.47. The molecular weight excluding hydrogens is 275 g/mol. The molecule has 1 amide bonds. The highest BCUT2D eigenvalue weighted by Gasteiger charge is 2.26. The Balaban J connectivity index is 2.85. The fourth-order valence-corrected chi connectivity index (χ4v) is 1.35. The molecule has 3 N–H and O–H groups in total. The number of rotatable bonds is 3. The molecule has 1 atom stereocenters. The van der Waals surface area contributed by atoms with E-state index in [1.807, 2.05) is 0 Å². The normalized spacial score (nSPS) is 14.3. The van der Waals surface area contributed by atoms with Crippen molar-refractivity contribution < 1.29 is 9.18 Å². The maximum absolute atomic E-state index is 13.4. The molecule has 0 heterocycles. The zero-order valence-corrected chi connectivity index (χ0v) is 10.8. The third-order valence-corrected chi connectivity index (χ3v) is 2.93. The molecule has 1 rings (SSSR count). The van der Waals surface area contributed by atoms with E-state index in [0.717, 1.165) is 0 Å². The quantitative estimate of drug-likeness (QED) is 0.898. The van der Waals surface area contributed by atoms with E-state index in [2.05, 4.69) is 21.2 Å². The molecule has 1 aromatic rings. The van der Waals surface area contributed by atoms with Crippen LogP contribution in [0.15, 0.2) is 22.7 Å². The van der Waals surface area contributed by atoms with Gasteiger partial charge in [-0.05, 0) is 31.5 Å². The maximum Gasteiger partial charge on any atom is 0.244 e. The molecule has 0 spiro atoms. The van der Waals surface area contributed by atoms with Crippen LogP contribution >= 0.6 is 15.9 Å². The highest BCUT2D eigenvalue weighted by molar-refractivity contribution is 9.10. The van der Waals surface area contributed by atoms with E-state index < -0.39 is 17.3 Å². The van der Waals surface area contributed by atoms with Gasteiger partial charge in [-0.3, -0.25) is 4.79 Å². The van der Waals surface area contributed by atoms with Crippen LogP contribution in [0.25, 0.3) is 0 Å². The first-order valence-corrected chi connectivity index (χ1v) is 5.71. The second-order valence-corrected chi connectivity index (χ2v) is 4.76. The number of carbonyl (C=O) groups is 1. The lowest BCUT2D eigenvalue weighted by Gasteiger charge is -2.21. The lowest BCUT2D eigenvalue weighted by atomic mass is 9.99. The van der Waals surface area contributed by atoms with E-state index in [4.69, 9.17) is 5.73 Å². The summed E-state index contributed by atoms with van der Waals surface area (Å²) < 4.78 is 14.0. The van der Waals surface area contributed by atoms with Gasteiger partial charge >= 0.3 is 0 Å². The molecule has 0 aliphatic heterocycles. The first kappa shape index (κ1) is 13.1. The number of anilines is 1. The molecule has 88 valence electrons. The van der Waals surface area contributed by atoms with Gasteiger partial charge in [-0.25, -0.2) is 4.39 Å². The van der Waals surface area contributed by atoms with Gasteiger partial charge in [0.1, 0.15) is 5.82 Å². The molecule has 0 saturated heterocycles. The molecule has 0 bridgehead atoms. The molecule has 3 nitrogen and oxygen atoms in total. The Kier molecular flexibility index (Phi) is 4.04. The first-order chi connectivity index (χ1) is 7.36. The van der Waals surface area contributed by atoms with E-state index in [9.17, 15) is 9.18 Å². The molecule has 1 unspecified atom stereocenters. The van der Waals surface area contributed by atoms with Crippen molar-refractivity contribution in [2.24, 2.45) is 5.73 Å². The van der Waals surface area contributed by atoms with Crippen LogP contribution in [0.5, 0.6) is 0 Å². The van der Waals surface area contributed by atoms with Crippen LogP contribution in [0.4, 0.5) is 10.1 Å². The Morgan fingerprint density at radius 2 is 2.25 bits per heavy atom. The van der Waals surface area contributed by atoms with Crippen molar-refractivity contribution in [2.45, 2.75) is 25.8 Å². The molecule has 5 heteroatoms. The first-order valence-electron chi connectivity index (χ1n) is 4.92. The SMILES string of the molecule is CCC(C)(N)C(=O)Nc1ccc(Br)cc1F. The van der Waals surface area contributed by atoms with Crippen molar-refractivity contribution in [3.8, 4) is 0 Å². The zero-order valence-electron chi connectivity index (χ0n) is 9.18. The van der Waals surface area contributed by atoms with Crippen LogP contribution in [0, 0.1) is 5.82 Å². The molecule has 16 heavy (non-hydrogen) atoms. The Morgan fingerprint density at radius 1 is 1.62 bits per heavy atom. The third kappa shape index (κ3) is 3.02. The largest absolute Gasteiger partial charge is 0.322 e. The average molecular weight is 289 g/mol. The topological polar surface area (TPSA) is 55.1 Å². The number of nitrogens with one attached hydrogen (secondary N) is 1. The maximum atomic E-state index is 13.4. The Hall–Kier alpha value is -0.940. The van der Waals surface area contributed by atoms with Crippen LogP contribution in [0.3, 0.4) is 0 Å². The molecule has 1 aromatic carbocycles. The van der Waals surface area contributed by atoms with Crippen molar-refractivity contribution in [3.05, 3.63) is 28.5 Å². The Morgan fingerprint density at radius 3 is 2.75 bits per heavy atom. The molecular formula is C11H14BrFN2O. The van der Waals surface area contributed by atoms with Gasteiger partial charge in [0.2, 0.25) is 5.91 Å². The second-order valence-electron chi connectivity index (χ2n) is 3.85. The van der Waals surface area contributed by atoms with Crippen LogP contribution in [-0.4, -0.2) is 11.4 Å². The van der Waals surface area contributed by atoms with E-state index in [0.29, 0.717) is 10.9 Å². The zero-order chi connectivity index (χ0) is 12.3. The monoisotopic (exact) mass is 288 g/mol. The average Bonchev–Trinajstić information content (AvgIpc) is 2.22. The van der Waals surface area contributed by atoms with Gasteiger partial charge in [-0.1, -0.05) is 22.9 Å². The van der Waals surface area contributed by atoms with E-state index >= 15 is 0 Å². The molecule has 0 saturated carbocycles. The fourth-order valence-electron chi connectivity index (χ4n) is 1.02. The Bertz CT molecular complexity index is 407. The minimum absolute atomic E-state index is 0.137. The minimum atomic E-state index is -0.987.